The fourth-order valence-electron chi connectivity index (χ4n) is 0.271. The van der Waals surface area contributed by atoms with Gasteiger partial charge in [-0.15, -0.1) is 0 Å². The van der Waals surface area contributed by atoms with Gasteiger partial charge in [0.25, 0.3) is 0 Å². The number of hydrogen-bond acceptors (Lipinski definition) is 1. The van der Waals surface area contributed by atoms with Gasteiger partial charge in [0.1, 0.15) is 0 Å². The first-order chi connectivity index (χ1) is 5.59. The molecule has 0 saturated heterocycles. The summed E-state index contributed by atoms with van der Waals surface area (Å²) < 4.78 is 74.7. The highest BCUT2D eigenvalue weighted by atomic mass is 79.9. The summed E-state index contributed by atoms with van der Waals surface area (Å²) in [5, 5.41) is -6.28. The van der Waals surface area contributed by atoms with Crippen molar-refractivity contribution in [3.05, 3.63) is 0 Å². The molecular formula is C4H2Br2F6O. The molecule has 0 spiro atoms. The Morgan fingerprint density at radius 1 is 0.846 bits per heavy atom. The molecule has 0 aromatic carbocycles. The van der Waals surface area contributed by atoms with Gasteiger partial charge in [-0.25, -0.2) is 13.5 Å². The summed E-state index contributed by atoms with van der Waals surface area (Å²) in [7, 11) is 0. The first-order valence-electron chi connectivity index (χ1n) is 2.61. The fourth-order valence-corrected chi connectivity index (χ4v) is 0.457. The Hall–Kier alpha value is 0.500. The van der Waals surface area contributed by atoms with Gasteiger partial charge in [0, 0.05) is 0 Å². The molecule has 0 aliphatic carbocycles. The summed E-state index contributed by atoms with van der Waals surface area (Å²) in [5.74, 6) is 0. The summed E-state index contributed by atoms with van der Waals surface area (Å²) >= 11 is 3.37. The second-order valence-electron chi connectivity index (χ2n) is 1.83. The number of halogens is 8. The predicted molar refractivity (Wildman–Crippen MR) is 38.6 cm³/mol. The quantitative estimate of drug-likeness (QED) is 0.562. The second kappa shape index (κ2) is 4.35. The molecule has 0 saturated carbocycles. The van der Waals surface area contributed by atoms with E-state index in [0.717, 1.165) is 0 Å². The van der Waals surface area contributed by atoms with E-state index in [1.54, 1.807) is 31.9 Å². The van der Waals surface area contributed by atoms with Crippen LogP contribution in [0.3, 0.4) is 0 Å². The highest BCUT2D eigenvalue weighted by Crippen LogP contribution is 2.37. The van der Waals surface area contributed by atoms with Gasteiger partial charge < -0.3 is 0 Å². The van der Waals surface area contributed by atoms with Gasteiger partial charge in [-0.2, -0.15) is 17.6 Å². The molecule has 0 aliphatic heterocycles. The summed E-state index contributed by atoms with van der Waals surface area (Å²) in [6, 6.07) is 0. The number of alkyl halides is 8. The van der Waals surface area contributed by atoms with Gasteiger partial charge >= 0.3 is 12.2 Å². The van der Waals surface area contributed by atoms with Crippen molar-refractivity contribution in [2.75, 3.05) is 0 Å². The van der Waals surface area contributed by atoms with Crippen molar-refractivity contribution in [2.24, 2.45) is 0 Å². The zero-order valence-corrected chi connectivity index (χ0v) is 8.76. The Bertz CT molecular complexity index is 154. The minimum absolute atomic E-state index is 1.68. The molecule has 2 unspecified atom stereocenters. The van der Waals surface area contributed by atoms with E-state index < -0.39 is 22.4 Å². The van der Waals surface area contributed by atoms with Crippen LogP contribution in [-0.2, 0) is 4.74 Å². The minimum Gasteiger partial charge on any atom is -0.249 e. The van der Waals surface area contributed by atoms with Crippen molar-refractivity contribution >= 4 is 31.9 Å². The van der Waals surface area contributed by atoms with Crippen LogP contribution in [-0.4, -0.2) is 22.4 Å². The molecule has 0 aromatic heterocycles. The van der Waals surface area contributed by atoms with Crippen LogP contribution < -0.4 is 0 Å². The van der Waals surface area contributed by atoms with E-state index in [9.17, 15) is 26.3 Å². The van der Waals surface area contributed by atoms with Crippen LogP contribution in [0.15, 0.2) is 0 Å². The maximum absolute atomic E-state index is 12.1. The van der Waals surface area contributed by atoms with Gasteiger partial charge in [-0.3, -0.25) is 0 Å². The Balaban J connectivity index is 4.42. The largest absolute Gasteiger partial charge is 0.401 e. The van der Waals surface area contributed by atoms with Crippen LogP contribution in [0.2, 0.25) is 0 Å². The first-order valence-corrected chi connectivity index (χ1v) is 4.45. The Labute approximate surface area is 85.7 Å². The van der Waals surface area contributed by atoms with Crippen molar-refractivity contribution in [2.45, 2.75) is 22.4 Å². The van der Waals surface area contributed by atoms with Gasteiger partial charge in [0.2, 0.25) is 10.2 Å². The van der Waals surface area contributed by atoms with Crippen molar-refractivity contribution in [3.8, 4) is 0 Å². The number of hydrogen-bond donors (Lipinski definition) is 0. The molecule has 13 heavy (non-hydrogen) atoms. The molecule has 0 heterocycles. The molecule has 9 heteroatoms. The molecule has 0 aliphatic rings. The third kappa shape index (κ3) is 4.03. The van der Waals surface area contributed by atoms with Gasteiger partial charge in [-0.1, -0.05) is 0 Å². The zero-order valence-electron chi connectivity index (χ0n) is 5.59. The molecule has 0 radical (unpaired) electrons. The van der Waals surface area contributed by atoms with Gasteiger partial charge in [-0.05, 0) is 31.9 Å². The van der Waals surface area contributed by atoms with Crippen LogP contribution in [0, 0.1) is 0 Å². The van der Waals surface area contributed by atoms with Crippen LogP contribution in [0.4, 0.5) is 26.3 Å². The summed E-state index contributed by atoms with van der Waals surface area (Å²) in [4.78, 5) is 0. The van der Waals surface area contributed by atoms with Crippen molar-refractivity contribution in [3.63, 3.8) is 0 Å². The van der Waals surface area contributed by atoms with Gasteiger partial charge in [0.15, 0.2) is 0 Å². The minimum atomic E-state index is -4.80. The molecule has 0 fully saturated rings. The zero-order chi connectivity index (χ0) is 10.9. The lowest BCUT2D eigenvalue weighted by molar-refractivity contribution is -0.387. The van der Waals surface area contributed by atoms with Crippen LogP contribution >= 0.6 is 31.9 Å². The molecule has 0 rings (SSSR count). The fraction of sp³-hybridized carbons (Fsp3) is 1.00. The van der Waals surface area contributed by atoms with Crippen molar-refractivity contribution < 1.29 is 31.1 Å². The molecular weight excluding hydrogens is 338 g/mol. The SMILES string of the molecule is FC(Br)C(F)(F)OC(F)(F)C(F)Br. The Morgan fingerprint density at radius 2 is 1.08 bits per heavy atom. The standard InChI is InChI=1S/C4H2Br2F6O/c5-1(7)3(9,10)13-4(11,12)2(6)8/h1-2H. The third-order valence-corrected chi connectivity index (χ3v) is 1.85. The Kier molecular flexibility index (Phi) is 4.51. The second-order valence-corrected chi connectivity index (χ2v) is 3.43. The number of ether oxygens (including phenoxy) is 1. The number of rotatable bonds is 4. The van der Waals surface area contributed by atoms with E-state index in [1.807, 2.05) is 0 Å². The average Bonchev–Trinajstić information content (AvgIpc) is 1.83. The maximum Gasteiger partial charge on any atom is 0.401 e. The van der Waals surface area contributed by atoms with E-state index in [2.05, 4.69) is 4.74 Å². The lowest BCUT2D eigenvalue weighted by Gasteiger charge is -2.23. The first kappa shape index (κ1) is 13.5. The van der Waals surface area contributed by atoms with Crippen molar-refractivity contribution in [1.29, 1.82) is 0 Å². The lowest BCUT2D eigenvalue weighted by Crippen LogP contribution is -2.41. The van der Waals surface area contributed by atoms with E-state index in [-0.39, 0.29) is 0 Å². The highest BCUT2D eigenvalue weighted by molar-refractivity contribution is 9.09. The molecule has 1 nitrogen and oxygen atoms in total. The topological polar surface area (TPSA) is 9.23 Å². The monoisotopic (exact) mass is 338 g/mol. The maximum atomic E-state index is 12.1. The van der Waals surface area contributed by atoms with E-state index in [4.69, 9.17) is 0 Å². The smallest absolute Gasteiger partial charge is 0.249 e. The molecule has 0 aromatic rings. The molecule has 0 N–H and O–H groups in total. The van der Waals surface area contributed by atoms with E-state index in [1.165, 1.54) is 0 Å². The average molecular weight is 340 g/mol. The van der Waals surface area contributed by atoms with Gasteiger partial charge in [0.05, 0.1) is 0 Å². The van der Waals surface area contributed by atoms with Crippen LogP contribution in [0.25, 0.3) is 0 Å². The lowest BCUT2D eigenvalue weighted by atomic mass is 10.6. The molecule has 80 valence electrons. The summed E-state index contributed by atoms with van der Waals surface area (Å²) in [6.45, 7) is 0. The third-order valence-electron chi connectivity index (χ3n) is 0.780. The summed E-state index contributed by atoms with van der Waals surface area (Å²) in [5.41, 5.74) is 0. The van der Waals surface area contributed by atoms with Crippen LogP contribution in [0.5, 0.6) is 0 Å². The molecule has 2 atom stereocenters. The van der Waals surface area contributed by atoms with E-state index in [0.29, 0.717) is 0 Å². The highest BCUT2D eigenvalue weighted by Gasteiger charge is 2.53. The Morgan fingerprint density at radius 3 is 1.23 bits per heavy atom. The van der Waals surface area contributed by atoms with Crippen molar-refractivity contribution in [1.82, 2.24) is 0 Å². The molecule has 0 bridgehead atoms. The van der Waals surface area contributed by atoms with Crippen LogP contribution in [0.1, 0.15) is 0 Å². The summed E-state index contributed by atoms with van der Waals surface area (Å²) in [6.07, 6.45) is -9.61. The normalized spacial score (nSPS) is 18.5. The molecule has 0 amide bonds. The predicted octanol–water partition coefficient (Wildman–Crippen LogP) is 3.57. The van der Waals surface area contributed by atoms with E-state index >= 15 is 0 Å².